The van der Waals surface area contributed by atoms with Crippen molar-refractivity contribution in [3.05, 3.63) is 27.7 Å². The first kappa shape index (κ1) is 13.4. The Morgan fingerprint density at radius 1 is 1.56 bits per heavy atom. The number of benzene rings is 1. The van der Waals surface area contributed by atoms with Gasteiger partial charge in [0.2, 0.25) is 0 Å². The molecule has 1 aliphatic heterocycles. The number of aliphatic carboxylic acids is 1. The van der Waals surface area contributed by atoms with Crippen LogP contribution < -0.4 is 10.1 Å². The summed E-state index contributed by atoms with van der Waals surface area (Å²) in [5, 5.41) is 12.3. The number of ether oxygens (including phenoxy) is 1. The summed E-state index contributed by atoms with van der Waals surface area (Å²) in [6.07, 6.45) is 0.612. The number of hydrogen-bond donors (Lipinski definition) is 2. The molecule has 1 saturated heterocycles. The molecular weight excluding hydrogens is 298 g/mol. The van der Waals surface area contributed by atoms with Crippen LogP contribution in [0.15, 0.2) is 16.6 Å². The molecule has 4 nitrogen and oxygen atoms in total. The number of rotatable bonds is 3. The Balaban J connectivity index is 2.29. The molecule has 2 N–H and O–H groups in total. The maximum atomic E-state index is 11.0. The van der Waals surface area contributed by atoms with Gasteiger partial charge in [0.05, 0.1) is 17.5 Å². The third kappa shape index (κ3) is 2.52. The van der Waals surface area contributed by atoms with Gasteiger partial charge in [0.25, 0.3) is 0 Å². The Bertz CT molecular complexity index is 476. The summed E-state index contributed by atoms with van der Waals surface area (Å²) in [5.41, 5.74) is 2.17. The smallest absolute Gasteiger partial charge is 0.307 e. The van der Waals surface area contributed by atoms with Crippen LogP contribution in [0.4, 0.5) is 0 Å². The van der Waals surface area contributed by atoms with Gasteiger partial charge in [0.1, 0.15) is 5.75 Å². The summed E-state index contributed by atoms with van der Waals surface area (Å²) < 4.78 is 6.21. The van der Waals surface area contributed by atoms with Crippen molar-refractivity contribution < 1.29 is 14.6 Å². The average molecular weight is 314 g/mol. The van der Waals surface area contributed by atoms with E-state index in [0.717, 1.165) is 21.3 Å². The summed E-state index contributed by atoms with van der Waals surface area (Å²) in [6.45, 7) is 2.52. The number of hydrogen-bond acceptors (Lipinski definition) is 3. The molecule has 0 aliphatic carbocycles. The van der Waals surface area contributed by atoms with Gasteiger partial charge in [-0.1, -0.05) is 6.07 Å². The lowest BCUT2D eigenvalue weighted by Crippen LogP contribution is -2.17. The highest BCUT2D eigenvalue weighted by Gasteiger charge is 2.31. The molecule has 0 amide bonds. The SMILES string of the molecule is COc1cc(C)cc(C2CC(C(=O)O)CN2)c1Br. The molecule has 0 radical (unpaired) electrons. The Labute approximate surface area is 114 Å². The molecule has 0 saturated carbocycles. The molecule has 5 heteroatoms. The fourth-order valence-corrected chi connectivity index (χ4v) is 2.99. The normalized spacial score (nSPS) is 23.1. The number of carboxylic acid groups (broad SMARTS) is 1. The van der Waals surface area contributed by atoms with Gasteiger partial charge in [-0.25, -0.2) is 0 Å². The van der Waals surface area contributed by atoms with E-state index in [1.54, 1.807) is 7.11 Å². The number of carbonyl (C=O) groups is 1. The molecule has 1 heterocycles. The molecule has 0 spiro atoms. The van der Waals surface area contributed by atoms with Crippen LogP contribution in [0, 0.1) is 12.8 Å². The zero-order valence-corrected chi connectivity index (χ0v) is 12.0. The zero-order chi connectivity index (χ0) is 13.3. The fraction of sp³-hybridized carbons (Fsp3) is 0.462. The van der Waals surface area contributed by atoms with Gasteiger partial charge >= 0.3 is 5.97 Å². The molecule has 1 aromatic carbocycles. The maximum Gasteiger partial charge on any atom is 0.307 e. The van der Waals surface area contributed by atoms with Gasteiger partial charge in [-0.2, -0.15) is 0 Å². The van der Waals surface area contributed by atoms with Crippen LogP contribution in [0.5, 0.6) is 5.75 Å². The van der Waals surface area contributed by atoms with Crippen molar-refractivity contribution in [3.8, 4) is 5.75 Å². The first-order chi connectivity index (χ1) is 8.52. The highest BCUT2D eigenvalue weighted by molar-refractivity contribution is 9.10. The zero-order valence-electron chi connectivity index (χ0n) is 10.4. The van der Waals surface area contributed by atoms with Crippen molar-refractivity contribution in [1.82, 2.24) is 5.32 Å². The topological polar surface area (TPSA) is 58.6 Å². The quantitative estimate of drug-likeness (QED) is 0.900. The largest absolute Gasteiger partial charge is 0.496 e. The second-order valence-electron chi connectivity index (χ2n) is 4.60. The van der Waals surface area contributed by atoms with Crippen molar-refractivity contribution in [2.75, 3.05) is 13.7 Å². The van der Waals surface area contributed by atoms with E-state index in [9.17, 15) is 4.79 Å². The fourth-order valence-electron chi connectivity index (χ4n) is 2.33. The number of halogens is 1. The van der Waals surface area contributed by atoms with Gasteiger partial charge in [0.15, 0.2) is 0 Å². The van der Waals surface area contributed by atoms with Crippen molar-refractivity contribution in [2.45, 2.75) is 19.4 Å². The lowest BCUT2D eigenvalue weighted by Gasteiger charge is -2.16. The van der Waals surface area contributed by atoms with E-state index in [2.05, 4.69) is 27.3 Å². The molecule has 98 valence electrons. The van der Waals surface area contributed by atoms with Gasteiger partial charge < -0.3 is 15.2 Å². The van der Waals surface area contributed by atoms with Crippen LogP contribution in [0.2, 0.25) is 0 Å². The molecule has 2 rings (SSSR count). The van der Waals surface area contributed by atoms with E-state index in [1.807, 2.05) is 13.0 Å². The monoisotopic (exact) mass is 313 g/mol. The third-order valence-corrected chi connectivity index (χ3v) is 4.14. The van der Waals surface area contributed by atoms with Crippen molar-refractivity contribution in [2.24, 2.45) is 5.92 Å². The number of aryl methyl sites for hydroxylation is 1. The first-order valence-electron chi connectivity index (χ1n) is 5.83. The second-order valence-corrected chi connectivity index (χ2v) is 5.40. The van der Waals surface area contributed by atoms with E-state index in [4.69, 9.17) is 9.84 Å². The molecule has 2 unspecified atom stereocenters. The number of methoxy groups -OCH3 is 1. The van der Waals surface area contributed by atoms with Crippen LogP contribution in [0.3, 0.4) is 0 Å². The van der Waals surface area contributed by atoms with Crippen molar-refractivity contribution in [1.29, 1.82) is 0 Å². The Hall–Kier alpha value is -1.07. The van der Waals surface area contributed by atoms with Crippen LogP contribution in [0.1, 0.15) is 23.6 Å². The van der Waals surface area contributed by atoms with E-state index in [1.165, 1.54) is 0 Å². The summed E-state index contributed by atoms with van der Waals surface area (Å²) in [7, 11) is 1.63. The third-order valence-electron chi connectivity index (χ3n) is 3.29. The Kier molecular flexibility index (Phi) is 3.92. The predicted octanol–water partition coefficient (Wildman–Crippen LogP) is 2.50. The average Bonchev–Trinajstić information content (AvgIpc) is 2.81. The van der Waals surface area contributed by atoms with E-state index in [-0.39, 0.29) is 12.0 Å². The van der Waals surface area contributed by atoms with Crippen molar-refractivity contribution in [3.63, 3.8) is 0 Å². The molecule has 1 aromatic rings. The summed E-state index contributed by atoms with van der Waals surface area (Å²) in [4.78, 5) is 11.0. The minimum absolute atomic E-state index is 0.0641. The first-order valence-corrected chi connectivity index (χ1v) is 6.62. The maximum absolute atomic E-state index is 11.0. The van der Waals surface area contributed by atoms with E-state index < -0.39 is 5.97 Å². The highest BCUT2D eigenvalue weighted by Crippen LogP contribution is 2.37. The predicted molar refractivity (Wildman–Crippen MR) is 71.9 cm³/mol. The van der Waals surface area contributed by atoms with Gasteiger partial charge in [0, 0.05) is 12.6 Å². The van der Waals surface area contributed by atoms with Crippen LogP contribution in [-0.4, -0.2) is 24.7 Å². The second kappa shape index (κ2) is 5.28. The number of nitrogens with one attached hydrogen (secondary N) is 1. The summed E-state index contributed by atoms with van der Waals surface area (Å²) in [5.74, 6) is -0.264. The van der Waals surface area contributed by atoms with E-state index in [0.29, 0.717) is 13.0 Å². The molecule has 0 aromatic heterocycles. The van der Waals surface area contributed by atoms with Gasteiger partial charge in [-0.15, -0.1) is 0 Å². The van der Waals surface area contributed by atoms with Crippen LogP contribution in [-0.2, 0) is 4.79 Å². The number of carboxylic acids is 1. The summed E-state index contributed by atoms with van der Waals surface area (Å²) >= 11 is 3.53. The highest BCUT2D eigenvalue weighted by atomic mass is 79.9. The van der Waals surface area contributed by atoms with Gasteiger partial charge in [-0.3, -0.25) is 4.79 Å². The Morgan fingerprint density at radius 3 is 2.83 bits per heavy atom. The minimum atomic E-state index is -0.735. The van der Waals surface area contributed by atoms with Crippen molar-refractivity contribution >= 4 is 21.9 Å². The standard InChI is InChI=1S/C13H16BrNO3/c1-7-3-9(12(14)11(4-7)18-2)10-5-8(6-15-10)13(16)17/h3-4,8,10,15H,5-6H2,1-2H3,(H,16,17). The summed E-state index contributed by atoms with van der Waals surface area (Å²) in [6, 6.07) is 4.08. The molecule has 18 heavy (non-hydrogen) atoms. The molecular formula is C13H16BrNO3. The van der Waals surface area contributed by atoms with Crippen LogP contribution in [0.25, 0.3) is 0 Å². The van der Waals surface area contributed by atoms with E-state index >= 15 is 0 Å². The minimum Gasteiger partial charge on any atom is -0.496 e. The van der Waals surface area contributed by atoms with Crippen LogP contribution >= 0.6 is 15.9 Å². The molecule has 0 bridgehead atoms. The lowest BCUT2D eigenvalue weighted by atomic mass is 9.98. The Morgan fingerprint density at radius 2 is 2.28 bits per heavy atom. The van der Waals surface area contributed by atoms with Gasteiger partial charge in [-0.05, 0) is 46.5 Å². The molecule has 1 aliphatic rings. The molecule has 1 fully saturated rings. The molecule has 2 atom stereocenters. The lowest BCUT2D eigenvalue weighted by molar-refractivity contribution is -0.141.